The van der Waals surface area contributed by atoms with E-state index in [4.69, 9.17) is 9.47 Å². The van der Waals surface area contributed by atoms with Gasteiger partial charge in [0.1, 0.15) is 17.2 Å². The normalized spacial score (nSPS) is 10.2. The lowest BCUT2D eigenvalue weighted by Crippen LogP contribution is -2.11. The molecule has 3 aromatic carbocycles. The third kappa shape index (κ3) is 4.23. The average molecular weight is 318 g/mol. The maximum atomic E-state index is 12.0. The number of esters is 1. The highest BCUT2D eigenvalue weighted by Crippen LogP contribution is 2.25. The molecule has 24 heavy (non-hydrogen) atoms. The summed E-state index contributed by atoms with van der Waals surface area (Å²) in [5, 5.41) is 0. The maximum Gasteiger partial charge on any atom is 0.315 e. The molecule has 3 rings (SSSR count). The van der Waals surface area contributed by atoms with E-state index in [0.717, 1.165) is 22.6 Å². The first-order valence-electron chi connectivity index (χ1n) is 7.79. The molecule has 0 radical (unpaired) electrons. The van der Waals surface area contributed by atoms with E-state index in [2.05, 4.69) is 0 Å². The van der Waals surface area contributed by atoms with E-state index in [9.17, 15) is 4.79 Å². The Balaban J connectivity index is 1.65. The molecule has 120 valence electrons. The van der Waals surface area contributed by atoms with E-state index in [1.54, 1.807) is 12.1 Å². The highest BCUT2D eigenvalue weighted by Gasteiger charge is 2.09. The summed E-state index contributed by atoms with van der Waals surface area (Å²) in [5.41, 5.74) is 1.87. The Morgan fingerprint density at radius 1 is 0.833 bits per heavy atom. The van der Waals surface area contributed by atoms with Crippen molar-refractivity contribution in [2.24, 2.45) is 0 Å². The molecule has 0 N–H and O–H groups in total. The van der Waals surface area contributed by atoms with Crippen LogP contribution in [0, 0.1) is 6.92 Å². The Bertz CT molecular complexity index is 811. The second kappa shape index (κ2) is 7.47. The number of ether oxygens (including phenoxy) is 2. The van der Waals surface area contributed by atoms with Crippen LogP contribution in [0.4, 0.5) is 0 Å². The van der Waals surface area contributed by atoms with Crippen LogP contribution in [0.15, 0.2) is 78.9 Å². The van der Waals surface area contributed by atoms with Gasteiger partial charge in [0.15, 0.2) is 0 Å². The van der Waals surface area contributed by atoms with E-state index in [1.807, 2.05) is 73.7 Å². The van der Waals surface area contributed by atoms with Gasteiger partial charge in [0.05, 0.1) is 6.42 Å². The molecule has 0 unspecified atom stereocenters. The largest absolute Gasteiger partial charge is 0.457 e. The molecule has 0 saturated heterocycles. The van der Waals surface area contributed by atoms with Crippen LogP contribution in [0.3, 0.4) is 0 Å². The van der Waals surface area contributed by atoms with Crippen molar-refractivity contribution in [1.29, 1.82) is 0 Å². The lowest BCUT2D eigenvalue weighted by atomic mass is 10.1. The topological polar surface area (TPSA) is 35.5 Å². The molecule has 0 heterocycles. The standard InChI is InChI=1S/C21H18O3/c1-16-14-17(15-21(22)24-19-10-6-3-7-11-19)12-13-20(16)23-18-8-4-2-5-9-18/h2-14H,15H2,1H3. The molecule has 0 aliphatic heterocycles. The van der Waals surface area contributed by atoms with E-state index in [0.29, 0.717) is 5.75 Å². The Hall–Kier alpha value is -3.07. The third-order valence-electron chi connectivity index (χ3n) is 3.53. The number of rotatable bonds is 5. The van der Waals surface area contributed by atoms with E-state index < -0.39 is 0 Å². The molecule has 0 aromatic heterocycles. The van der Waals surface area contributed by atoms with Crippen LogP contribution in [0.5, 0.6) is 17.2 Å². The van der Waals surface area contributed by atoms with Gasteiger partial charge in [-0.05, 0) is 48.4 Å². The number of hydrogen-bond acceptors (Lipinski definition) is 3. The Morgan fingerprint density at radius 3 is 2.08 bits per heavy atom. The van der Waals surface area contributed by atoms with Gasteiger partial charge in [-0.3, -0.25) is 4.79 Å². The van der Waals surface area contributed by atoms with Crippen molar-refractivity contribution in [2.75, 3.05) is 0 Å². The van der Waals surface area contributed by atoms with E-state index in [-0.39, 0.29) is 12.4 Å². The minimum absolute atomic E-state index is 0.224. The molecular weight excluding hydrogens is 300 g/mol. The van der Waals surface area contributed by atoms with Gasteiger partial charge in [-0.1, -0.05) is 48.5 Å². The van der Waals surface area contributed by atoms with E-state index in [1.165, 1.54) is 0 Å². The molecule has 0 aliphatic carbocycles. The van der Waals surface area contributed by atoms with Crippen molar-refractivity contribution in [1.82, 2.24) is 0 Å². The first-order chi connectivity index (χ1) is 11.7. The molecule has 3 heteroatoms. The van der Waals surface area contributed by atoms with Crippen LogP contribution in [0.25, 0.3) is 0 Å². The summed E-state index contributed by atoms with van der Waals surface area (Å²) >= 11 is 0. The van der Waals surface area contributed by atoms with Gasteiger partial charge in [0, 0.05) is 0 Å². The lowest BCUT2D eigenvalue weighted by Gasteiger charge is -2.10. The second-order valence-electron chi connectivity index (χ2n) is 5.48. The van der Waals surface area contributed by atoms with Gasteiger partial charge in [0.25, 0.3) is 0 Å². The highest BCUT2D eigenvalue weighted by molar-refractivity contribution is 5.75. The number of para-hydroxylation sites is 2. The first-order valence-corrected chi connectivity index (χ1v) is 7.79. The first kappa shape index (κ1) is 15.8. The zero-order valence-electron chi connectivity index (χ0n) is 13.4. The minimum atomic E-state index is -0.280. The molecule has 0 saturated carbocycles. The van der Waals surface area contributed by atoms with Crippen molar-refractivity contribution < 1.29 is 14.3 Å². The van der Waals surface area contributed by atoms with Gasteiger partial charge < -0.3 is 9.47 Å². The lowest BCUT2D eigenvalue weighted by molar-refractivity contribution is -0.133. The fraction of sp³-hybridized carbons (Fsp3) is 0.0952. The summed E-state index contributed by atoms with van der Waals surface area (Å²) in [6.07, 6.45) is 0.224. The summed E-state index contributed by atoms with van der Waals surface area (Å²) in [7, 11) is 0. The van der Waals surface area contributed by atoms with Crippen molar-refractivity contribution in [2.45, 2.75) is 13.3 Å². The van der Waals surface area contributed by atoms with Crippen molar-refractivity contribution in [3.8, 4) is 17.2 Å². The number of hydrogen-bond donors (Lipinski definition) is 0. The Kier molecular flexibility index (Phi) is 4.92. The van der Waals surface area contributed by atoms with Gasteiger partial charge >= 0.3 is 5.97 Å². The molecule has 3 nitrogen and oxygen atoms in total. The van der Waals surface area contributed by atoms with Crippen LogP contribution in [-0.2, 0) is 11.2 Å². The number of carbonyl (C=O) groups excluding carboxylic acids is 1. The predicted octanol–water partition coefficient (Wildman–Crippen LogP) is 4.94. The van der Waals surface area contributed by atoms with Crippen molar-refractivity contribution >= 4 is 5.97 Å². The van der Waals surface area contributed by atoms with E-state index >= 15 is 0 Å². The monoisotopic (exact) mass is 318 g/mol. The smallest absolute Gasteiger partial charge is 0.315 e. The van der Waals surface area contributed by atoms with Crippen LogP contribution < -0.4 is 9.47 Å². The molecule has 0 amide bonds. The van der Waals surface area contributed by atoms with Crippen LogP contribution in [0.2, 0.25) is 0 Å². The number of benzene rings is 3. The summed E-state index contributed by atoms with van der Waals surface area (Å²) in [6, 6.07) is 24.4. The molecule has 0 aliphatic rings. The molecular formula is C21H18O3. The van der Waals surface area contributed by atoms with Gasteiger partial charge in [0.2, 0.25) is 0 Å². The molecule has 3 aromatic rings. The third-order valence-corrected chi connectivity index (χ3v) is 3.53. The number of aryl methyl sites for hydroxylation is 1. The van der Waals surface area contributed by atoms with Crippen LogP contribution in [-0.4, -0.2) is 5.97 Å². The van der Waals surface area contributed by atoms with Crippen LogP contribution >= 0.6 is 0 Å². The zero-order chi connectivity index (χ0) is 16.8. The molecule has 0 fully saturated rings. The summed E-state index contributed by atoms with van der Waals surface area (Å²) in [4.78, 5) is 12.0. The highest BCUT2D eigenvalue weighted by atomic mass is 16.5. The molecule has 0 spiro atoms. The Labute approximate surface area is 141 Å². The van der Waals surface area contributed by atoms with Gasteiger partial charge in [-0.25, -0.2) is 0 Å². The quantitative estimate of drug-likeness (QED) is 0.494. The fourth-order valence-corrected chi connectivity index (χ4v) is 2.37. The second-order valence-corrected chi connectivity index (χ2v) is 5.48. The van der Waals surface area contributed by atoms with Gasteiger partial charge in [-0.2, -0.15) is 0 Å². The van der Waals surface area contributed by atoms with Crippen LogP contribution in [0.1, 0.15) is 11.1 Å². The minimum Gasteiger partial charge on any atom is -0.457 e. The Morgan fingerprint density at radius 2 is 1.46 bits per heavy atom. The summed E-state index contributed by atoms with van der Waals surface area (Å²) in [6.45, 7) is 1.96. The maximum absolute atomic E-state index is 12.0. The predicted molar refractivity (Wildman–Crippen MR) is 93.5 cm³/mol. The summed E-state index contributed by atoms with van der Waals surface area (Å²) < 4.78 is 11.2. The number of carbonyl (C=O) groups is 1. The van der Waals surface area contributed by atoms with Crippen molar-refractivity contribution in [3.05, 3.63) is 90.0 Å². The molecule has 0 bridgehead atoms. The molecule has 0 atom stereocenters. The van der Waals surface area contributed by atoms with Gasteiger partial charge in [-0.15, -0.1) is 0 Å². The SMILES string of the molecule is Cc1cc(CC(=O)Oc2ccccc2)ccc1Oc1ccccc1. The van der Waals surface area contributed by atoms with Crippen molar-refractivity contribution in [3.63, 3.8) is 0 Å². The zero-order valence-corrected chi connectivity index (χ0v) is 13.4. The summed E-state index contributed by atoms with van der Waals surface area (Å²) in [5.74, 6) is 1.85. The fourth-order valence-electron chi connectivity index (χ4n) is 2.37. The average Bonchev–Trinajstić information content (AvgIpc) is 2.59.